The number of rotatable bonds is 3. The summed E-state index contributed by atoms with van der Waals surface area (Å²) in [5.74, 6) is -5.70. The van der Waals surface area contributed by atoms with Crippen LogP contribution in [0.15, 0.2) is 6.07 Å². The van der Waals surface area contributed by atoms with Crippen molar-refractivity contribution < 1.29 is 27.8 Å². The first-order valence-corrected chi connectivity index (χ1v) is 5.89. The predicted molar refractivity (Wildman–Crippen MR) is 60.6 cm³/mol. The smallest absolute Gasteiger partial charge is 0.314 e. The Labute approximate surface area is 108 Å². The summed E-state index contributed by atoms with van der Waals surface area (Å²) in [7, 11) is 1.11. The normalized spacial score (nSPS) is 17.5. The Bertz CT molecular complexity index is 522. The highest BCUT2D eigenvalue weighted by Crippen LogP contribution is 2.45. The number of aliphatic carboxylic acids is 1. The molecule has 0 radical (unpaired) electrons. The maximum atomic E-state index is 14.2. The lowest BCUT2D eigenvalue weighted by Crippen LogP contribution is -2.35. The van der Waals surface area contributed by atoms with E-state index < -0.39 is 40.1 Å². The molecule has 0 heterocycles. The number of methoxy groups -OCH3 is 1. The number of carbonyl (C=O) groups is 1. The van der Waals surface area contributed by atoms with E-state index in [0.717, 1.165) is 7.11 Å². The highest BCUT2D eigenvalue weighted by Gasteiger charge is 2.48. The molecule has 0 bridgehead atoms. The summed E-state index contributed by atoms with van der Waals surface area (Å²) < 4.78 is 46.2. The van der Waals surface area contributed by atoms with Crippen LogP contribution in [-0.2, 0) is 10.2 Å². The SMILES string of the molecule is COc1cc(F)c(F)c(C2(C(=O)O)CCCC2)c1F. The standard InChI is InChI=1S/C13H13F3O3/c1-19-8-6-7(14)10(15)9(11(8)16)13(12(17)18)4-2-3-5-13/h6H,2-5H2,1H3,(H,17,18). The number of carboxylic acid groups (broad SMARTS) is 1. The van der Waals surface area contributed by atoms with Crippen LogP contribution >= 0.6 is 0 Å². The van der Waals surface area contributed by atoms with Gasteiger partial charge in [0.15, 0.2) is 23.2 Å². The van der Waals surface area contributed by atoms with E-state index in [4.69, 9.17) is 0 Å². The average Bonchev–Trinajstić information content (AvgIpc) is 2.84. The zero-order valence-corrected chi connectivity index (χ0v) is 10.3. The monoisotopic (exact) mass is 274 g/mol. The van der Waals surface area contributed by atoms with E-state index in [0.29, 0.717) is 18.9 Å². The summed E-state index contributed by atoms with van der Waals surface area (Å²) in [5.41, 5.74) is -2.43. The predicted octanol–water partition coefficient (Wildman–Crippen LogP) is 3.01. The lowest BCUT2D eigenvalue weighted by atomic mass is 9.78. The molecule has 19 heavy (non-hydrogen) atoms. The summed E-state index contributed by atoms with van der Waals surface area (Å²) in [6, 6.07) is 0.582. The molecule has 0 aromatic heterocycles. The molecule has 0 saturated heterocycles. The first-order chi connectivity index (χ1) is 8.94. The molecule has 0 unspecified atom stereocenters. The Morgan fingerprint density at radius 2 is 1.84 bits per heavy atom. The summed E-state index contributed by atoms with van der Waals surface area (Å²) in [5, 5.41) is 9.32. The quantitative estimate of drug-likeness (QED) is 0.862. The van der Waals surface area contributed by atoms with Gasteiger partial charge in [0.25, 0.3) is 0 Å². The van der Waals surface area contributed by atoms with E-state index in [1.54, 1.807) is 0 Å². The van der Waals surface area contributed by atoms with Gasteiger partial charge in [0.1, 0.15) is 0 Å². The largest absolute Gasteiger partial charge is 0.494 e. The molecule has 1 aliphatic rings. The van der Waals surface area contributed by atoms with Crippen LogP contribution in [0.5, 0.6) is 5.75 Å². The van der Waals surface area contributed by atoms with Gasteiger partial charge < -0.3 is 9.84 Å². The molecule has 1 saturated carbocycles. The molecule has 3 nitrogen and oxygen atoms in total. The van der Waals surface area contributed by atoms with E-state index in [1.165, 1.54) is 0 Å². The number of halogens is 3. The van der Waals surface area contributed by atoms with Crippen molar-refractivity contribution in [3.05, 3.63) is 29.1 Å². The van der Waals surface area contributed by atoms with Crippen molar-refractivity contribution in [1.29, 1.82) is 0 Å². The van der Waals surface area contributed by atoms with Crippen LogP contribution in [0.25, 0.3) is 0 Å². The van der Waals surface area contributed by atoms with Gasteiger partial charge in [0, 0.05) is 11.6 Å². The van der Waals surface area contributed by atoms with Crippen LogP contribution in [0.2, 0.25) is 0 Å². The van der Waals surface area contributed by atoms with Crippen molar-refractivity contribution in [2.75, 3.05) is 7.11 Å². The van der Waals surface area contributed by atoms with Crippen molar-refractivity contribution in [2.45, 2.75) is 31.1 Å². The summed E-state index contributed by atoms with van der Waals surface area (Å²) in [6.07, 6.45) is 1.24. The number of hydrogen-bond donors (Lipinski definition) is 1. The van der Waals surface area contributed by atoms with E-state index in [-0.39, 0.29) is 12.8 Å². The van der Waals surface area contributed by atoms with Crippen LogP contribution in [0, 0.1) is 17.5 Å². The first-order valence-electron chi connectivity index (χ1n) is 5.89. The van der Waals surface area contributed by atoms with Gasteiger partial charge in [-0.1, -0.05) is 12.8 Å². The van der Waals surface area contributed by atoms with Crippen molar-refractivity contribution in [2.24, 2.45) is 0 Å². The molecular weight excluding hydrogens is 261 g/mol. The summed E-state index contributed by atoms with van der Waals surface area (Å²) in [4.78, 5) is 11.4. The van der Waals surface area contributed by atoms with E-state index in [2.05, 4.69) is 4.74 Å². The number of benzene rings is 1. The molecule has 2 rings (SSSR count). The molecule has 1 fully saturated rings. The lowest BCUT2D eigenvalue weighted by molar-refractivity contribution is -0.143. The molecule has 1 aromatic rings. The van der Waals surface area contributed by atoms with Gasteiger partial charge in [-0.15, -0.1) is 0 Å². The molecule has 1 N–H and O–H groups in total. The maximum absolute atomic E-state index is 14.2. The van der Waals surface area contributed by atoms with Crippen LogP contribution < -0.4 is 4.74 Å². The molecule has 1 aromatic carbocycles. The van der Waals surface area contributed by atoms with Crippen molar-refractivity contribution >= 4 is 5.97 Å². The fraction of sp³-hybridized carbons (Fsp3) is 0.462. The molecule has 0 atom stereocenters. The van der Waals surface area contributed by atoms with E-state index >= 15 is 0 Å². The van der Waals surface area contributed by atoms with Gasteiger partial charge in [0.05, 0.1) is 12.5 Å². The van der Waals surface area contributed by atoms with Crippen molar-refractivity contribution in [1.82, 2.24) is 0 Å². The zero-order chi connectivity index (χ0) is 14.2. The molecule has 0 amide bonds. The Morgan fingerprint density at radius 1 is 1.26 bits per heavy atom. The Kier molecular flexibility index (Phi) is 3.43. The van der Waals surface area contributed by atoms with Gasteiger partial charge in [-0.25, -0.2) is 13.2 Å². The Morgan fingerprint density at radius 3 is 2.32 bits per heavy atom. The minimum absolute atomic E-state index is 0.0861. The Balaban J connectivity index is 2.73. The molecule has 104 valence electrons. The molecule has 1 aliphatic carbocycles. The second kappa shape index (κ2) is 4.75. The average molecular weight is 274 g/mol. The van der Waals surface area contributed by atoms with E-state index in [9.17, 15) is 23.1 Å². The minimum atomic E-state index is -1.70. The highest BCUT2D eigenvalue weighted by molar-refractivity contribution is 5.82. The molecule has 6 heteroatoms. The van der Waals surface area contributed by atoms with Crippen LogP contribution in [-0.4, -0.2) is 18.2 Å². The van der Waals surface area contributed by atoms with Crippen molar-refractivity contribution in [3.8, 4) is 5.75 Å². The van der Waals surface area contributed by atoms with Crippen LogP contribution in [0.3, 0.4) is 0 Å². The number of ether oxygens (including phenoxy) is 1. The third kappa shape index (κ3) is 1.95. The van der Waals surface area contributed by atoms with Gasteiger partial charge >= 0.3 is 5.97 Å². The maximum Gasteiger partial charge on any atom is 0.314 e. The van der Waals surface area contributed by atoms with Gasteiger partial charge in [0.2, 0.25) is 0 Å². The molecular formula is C13H13F3O3. The van der Waals surface area contributed by atoms with E-state index in [1.807, 2.05) is 0 Å². The van der Waals surface area contributed by atoms with Gasteiger partial charge in [-0.2, -0.15) is 0 Å². The first kappa shape index (κ1) is 13.7. The van der Waals surface area contributed by atoms with Crippen molar-refractivity contribution in [3.63, 3.8) is 0 Å². The second-order valence-corrected chi connectivity index (χ2v) is 4.66. The highest BCUT2D eigenvalue weighted by atomic mass is 19.2. The second-order valence-electron chi connectivity index (χ2n) is 4.66. The number of carboxylic acids is 1. The molecule has 0 spiro atoms. The van der Waals surface area contributed by atoms with Crippen LogP contribution in [0.4, 0.5) is 13.2 Å². The molecule has 0 aliphatic heterocycles. The third-order valence-corrected chi connectivity index (χ3v) is 3.69. The number of hydrogen-bond acceptors (Lipinski definition) is 2. The lowest BCUT2D eigenvalue weighted by Gasteiger charge is -2.26. The minimum Gasteiger partial charge on any atom is -0.494 e. The van der Waals surface area contributed by atoms with Gasteiger partial charge in [-0.05, 0) is 12.8 Å². The van der Waals surface area contributed by atoms with Crippen LogP contribution in [0.1, 0.15) is 31.2 Å². The third-order valence-electron chi connectivity index (χ3n) is 3.69. The zero-order valence-electron chi connectivity index (χ0n) is 10.3. The topological polar surface area (TPSA) is 46.5 Å². The van der Waals surface area contributed by atoms with Gasteiger partial charge in [-0.3, -0.25) is 4.79 Å². The fourth-order valence-corrected chi connectivity index (χ4v) is 2.70. The Hall–Kier alpha value is -1.72. The summed E-state index contributed by atoms with van der Waals surface area (Å²) >= 11 is 0. The summed E-state index contributed by atoms with van der Waals surface area (Å²) in [6.45, 7) is 0. The fourth-order valence-electron chi connectivity index (χ4n) is 2.70.